The minimum absolute atomic E-state index is 0.154. The molecule has 0 heterocycles. The SMILES string of the molecule is CON(C)C(=O)[C@@H](C)[C@@]1(O)[C@@H](O)C[C@H]2[C@@H]3CC=C4C[C@@H](O[Si](C)(C)C(C)(C)C)CC[C@]4(C)[C@H]3CC[C@@]21C. The van der Waals surface area contributed by atoms with Gasteiger partial charge in [0.15, 0.2) is 8.32 Å². The van der Waals surface area contributed by atoms with E-state index in [0.29, 0.717) is 24.4 Å². The fraction of sp³-hybridized carbons (Fsp3) is 0.900. The minimum Gasteiger partial charge on any atom is -0.414 e. The number of fused-ring (bicyclic) bond motifs is 5. The molecule has 0 aromatic rings. The molecular formula is C30H53NO5Si. The molecule has 212 valence electrons. The second kappa shape index (κ2) is 9.43. The zero-order valence-corrected chi connectivity index (χ0v) is 26.1. The van der Waals surface area contributed by atoms with Crippen molar-refractivity contribution in [1.82, 2.24) is 5.06 Å². The van der Waals surface area contributed by atoms with Gasteiger partial charge >= 0.3 is 0 Å². The third-order valence-electron chi connectivity index (χ3n) is 12.2. The zero-order chi connectivity index (χ0) is 27.8. The molecule has 4 aliphatic rings. The van der Waals surface area contributed by atoms with E-state index in [1.54, 1.807) is 19.5 Å². The molecule has 3 fully saturated rings. The van der Waals surface area contributed by atoms with Crippen LogP contribution in [0.15, 0.2) is 11.6 Å². The molecule has 6 nitrogen and oxygen atoms in total. The van der Waals surface area contributed by atoms with E-state index in [9.17, 15) is 15.0 Å². The van der Waals surface area contributed by atoms with Crippen molar-refractivity contribution in [3.8, 4) is 0 Å². The Kier molecular flexibility index (Phi) is 7.46. The van der Waals surface area contributed by atoms with Gasteiger partial charge in [-0.05, 0) is 86.2 Å². The van der Waals surface area contributed by atoms with Gasteiger partial charge < -0.3 is 14.6 Å². The lowest BCUT2D eigenvalue weighted by molar-refractivity contribution is -0.208. The number of hydrogen-bond acceptors (Lipinski definition) is 5. The van der Waals surface area contributed by atoms with Crippen LogP contribution in [0.25, 0.3) is 0 Å². The summed E-state index contributed by atoms with van der Waals surface area (Å²) in [7, 11) is 1.21. The second-order valence-electron chi connectivity index (χ2n) is 14.8. The Bertz CT molecular complexity index is 929. The molecule has 0 aromatic carbocycles. The lowest BCUT2D eigenvalue weighted by atomic mass is 9.46. The fourth-order valence-electron chi connectivity index (χ4n) is 8.71. The summed E-state index contributed by atoms with van der Waals surface area (Å²) in [6.45, 7) is 18.0. The first-order valence-corrected chi connectivity index (χ1v) is 17.4. The Hall–Kier alpha value is -0.733. The average Bonchev–Trinajstić information content (AvgIpc) is 3.03. The van der Waals surface area contributed by atoms with Gasteiger partial charge in [0, 0.05) is 18.6 Å². The maximum atomic E-state index is 13.1. The van der Waals surface area contributed by atoms with E-state index in [1.807, 2.05) is 0 Å². The van der Waals surface area contributed by atoms with Gasteiger partial charge in [-0.15, -0.1) is 0 Å². The van der Waals surface area contributed by atoms with Crippen LogP contribution in [0.4, 0.5) is 0 Å². The number of hydroxylamine groups is 2. The summed E-state index contributed by atoms with van der Waals surface area (Å²) < 4.78 is 6.86. The summed E-state index contributed by atoms with van der Waals surface area (Å²) in [6.07, 6.45) is 8.57. The number of carbonyl (C=O) groups excluding carboxylic acids is 1. The molecule has 1 amide bonds. The molecule has 0 aromatic heterocycles. The highest BCUT2D eigenvalue weighted by Gasteiger charge is 2.69. The van der Waals surface area contributed by atoms with Crippen LogP contribution in [0.2, 0.25) is 18.1 Å². The predicted octanol–water partition coefficient (Wildman–Crippen LogP) is 5.70. The van der Waals surface area contributed by atoms with Crippen LogP contribution in [0.5, 0.6) is 0 Å². The molecule has 0 radical (unpaired) electrons. The summed E-state index contributed by atoms with van der Waals surface area (Å²) in [6, 6.07) is 0. The Labute approximate surface area is 226 Å². The first-order chi connectivity index (χ1) is 16.9. The predicted molar refractivity (Wildman–Crippen MR) is 149 cm³/mol. The summed E-state index contributed by atoms with van der Waals surface area (Å²) in [5.41, 5.74) is -0.249. The smallest absolute Gasteiger partial charge is 0.251 e. The average molecular weight is 536 g/mol. The standard InChI is InChI=1S/C30H53NO5Si/c1-19(26(33)31(7)35-8)30(34)25(32)18-24-22-12-11-20-17-21(36-37(9,10)27(2,3)4)13-15-28(20,5)23(22)14-16-29(24,30)6/h11,19,21-25,32,34H,12-18H2,1-10H3/t19-,21+,22-,23+,24+,25+,28+,29+,30-/m1/s1. The normalized spacial score (nSPS) is 42.8. The van der Waals surface area contributed by atoms with E-state index in [4.69, 9.17) is 9.26 Å². The monoisotopic (exact) mass is 535 g/mol. The van der Waals surface area contributed by atoms with Crippen molar-refractivity contribution in [2.45, 2.75) is 122 Å². The number of hydrogen-bond donors (Lipinski definition) is 2. The fourth-order valence-corrected chi connectivity index (χ4v) is 10.1. The maximum absolute atomic E-state index is 13.1. The topological polar surface area (TPSA) is 79.2 Å². The molecule has 37 heavy (non-hydrogen) atoms. The minimum atomic E-state index is -1.81. The summed E-state index contributed by atoms with van der Waals surface area (Å²) in [5, 5.41) is 24.8. The van der Waals surface area contributed by atoms with Crippen molar-refractivity contribution < 1.29 is 24.3 Å². The van der Waals surface area contributed by atoms with Crippen molar-refractivity contribution in [2.24, 2.45) is 34.5 Å². The molecule has 2 N–H and O–H groups in total. The van der Waals surface area contributed by atoms with Gasteiger partial charge in [0.2, 0.25) is 0 Å². The van der Waals surface area contributed by atoms with Gasteiger partial charge in [-0.2, -0.15) is 0 Å². The molecule has 0 bridgehead atoms. The molecular weight excluding hydrogens is 482 g/mol. The van der Waals surface area contributed by atoms with E-state index in [-0.39, 0.29) is 22.3 Å². The number of nitrogens with zero attached hydrogens (tertiary/aromatic N) is 1. The van der Waals surface area contributed by atoms with Crippen molar-refractivity contribution in [1.29, 1.82) is 0 Å². The molecule has 3 saturated carbocycles. The molecule has 7 heteroatoms. The van der Waals surface area contributed by atoms with E-state index < -0.39 is 31.4 Å². The Balaban J connectivity index is 1.58. The van der Waals surface area contributed by atoms with Crippen molar-refractivity contribution >= 4 is 14.2 Å². The van der Waals surface area contributed by atoms with E-state index in [0.717, 1.165) is 38.5 Å². The van der Waals surface area contributed by atoms with Crippen LogP contribution >= 0.6 is 0 Å². The molecule has 9 atom stereocenters. The number of aliphatic hydroxyl groups is 2. The van der Waals surface area contributed by atoms with Crippen LogP contribution in [0.1, 0.15) is 86.5 Å². The number of aliphatic hydroxyl groups excluding tert-OH is 1. The highest BCUT2D eigenvalue weighted by atomic mass is 28.4. The van der Waals surface area contributed by atoms with Gasteiger partial charge in [0.1, 0.15) is 5.60 Å². The summed E-state index contributed by atoms with van der Waals surface area (Å²) in [5.74, 6) is 0.112. The number of rotatable bonds is 5. The molecule has 0 saturated heterocycles. The van der Waals surface area contributed by atoms with E-state index in [1.165, 1.54) is 12.2 Å². The Morgan fingerprint density at radius 3 is 2.43 bits per heavy atom. The molecule has 4 aliphatic carbocycles. The quantitative estimate of drug-likeness (QED) is 0.268. The molecule has 0 unspecified atom stereocenters. The highest BCUT2D eigenvalue weighted by molar-refractivity contribution is 6.74. The summed E-state index contributed by atoms with van der Waals surface area (Å²) >= 11 is 0. The Morgan fingerprint density at radius 2 is 1.84 bits per heavy atom. The second-order valence-corrected chi connectivity index (χ2v) is 19.5. The van der Waals surface area contributed by atoms with Crippen LogP contribution in [0, 0.1) is 34.5 Å². The third kappa shape index (κ3) is 4.30. The van der Waals surface area contributed by atoms with E-state index >= 15 is 0 Å². The van der Waals surface area contributed by atoms with Crippen LogP contribution < -0.4 is 0 Å². The summed E-state index contributed by atoms with van der Waals surface area (Å²) in [4.78, 5) is 18.2. The number of carbonyl (C=O) groups is 1. The van der Waals surface area contributed by atoms with Crippen molar-refractivity contribution in [2.75, 3.05) is 14.2 Å². The first-order valence-electron chi connectivity index (χ1n) is 14.5. The third-order valence-corrected chi connectivity index (χ3v) is 16.8. The van der Waals surface area contributed by atoms with Crippen molar-refractivity contribution in [3.05, 3.63) is 11.6 Å². The van der Waals surface area contributed by atoms with Crippen LogP contribution in [-0.4, -0.2) is 61.5 Å². The van der Waals surface area contributed by atoms with Gasteiger partial charge in [0.25, 0.3) is 5.91 Å². The zero-order valence-electron chi connectivity index (χ0n) is 25.1. The van der Waals surface area contributed by atoms with Gasteiger partial charge in [-0.25, -0.2) is 5.06 Å². The molecule has 4 rings (SSSR count). The van der Waals surface area contributed by atoms with Gasteiger partial charge in [0.05, 0.1) is 19.1 Å². The van der Waals surface area contributed by atoms with E-state index in [2.05, 4.69) is 53.8 Å². The lowest BCUT2D eigenvalue weighted by Crippen LogP contribution is -2.61. The van der Waals surface area contributed by atoms with Gasteiger partial charge in [-0.1, -0.05) is 53.2 Å². The Morgan fingerprint density at radius 1 is 1.19 bits per heavy atom. The number of allylic oxidation sites excluding steroid dienone is 1. The largest absolute Gasteiger partial charge is 0.414 e. The lowest BCUT2D eigenvalue weighted by Gasteiger charge is -2.59. The number of amides is 1. The molecule has 0 aliphatic heterocycles. The maximum Gasteiger partial charge on any atom is 0.251 e. The first kappa shape index (κ1) is 29.3. The van der Waals surface area contributed by atoms with Gasteiger partial charge in [-0.3, -0.25) is 9.63 Å². The molecule has 0 spiro atoms. The highest BCUT2D eigenvalue weighted by Crippen LogP contribution is 2.68. The van der Waals surface area contributed by atoms with Crippen molar-refractivity contribution in [3.63, 3.8) is 0 Å². The van der Waals surface area contributed by atoms with Crippen LogP contribution in [-0.2, 0) is 14.1 Å². The van der Waals surface area contributed by atoms with Crippen LogP contribution in [0.3, 0.4) is 0 Å².